The van der Waals surface area contributed by atoms with E-state index < -0.39 is 0 Å². The second kappa shape index (κ2) is 6.38. The van der Waals surface area contributed by atoms with Crippen LogP contribution in [-0.4, -0.2) is 16.3 Å². The topological polar surface area (TPSA) is 49.9 Å². The number of hydrogen-bond donors (Lipinski definition) is 2. The molecule has 102 valence electrons. The van der Waals surface area contributed by atoms with E-state index in [-0.39, 0.29) is 6.10 Å². The van der Waals surface area contributed by atoms with Crippen LogP contribution in [0.3, 0.4) is 0 Å². The average molecular weight is 259 g/mol. The first kappa shape index (κ1) is 13.6. The molecule has 2 aromatic rings. The molecule has 0 spiro atoms. The number of H-pyrrole nitrogens is 1. The molecule has 1 aromatic carbocycles. The SMILES string of the molecule is Cc1[nH]ncc1CNCc1cccc(OC(C)C)c1. The van der Waals surface area contributed by atoms with E-state index in [9.17, 15) is 0 Å². The van der Waals surface area contributed by atoms with Crippen LogP contribution in [-0.2, 0) is 13.1 Å². The predicted octanol–water partition coefficient (Wildman–Crippen LogP) is 2.80. The van der Waals surface area contributed by atoms with Crippen LogP contribution < -0.4 is 10.1 Å². The number of benzene rings is 1. The number of nitrogens with one attached hydrogen (secondary N) is 2. The third kappa shape index (κ3) is 4.10. The van der Waals surface area contributed by atoms with Crippen molar-refractivity contribution < 1.29 is 4.74 Å². The van der Waals surface area contributed by atoms with Crippen LogP contribution in [0.15, 0.2) is 30.5 Å². The van der Waals surface area contributed by atoms with Gasteiger partial charge in [0.2, 0.25) is 0 Å². The lowest BCUT2D eigenvalue weighted by molar-refractivity contribution is 0.242. The number of aromatic nitrogens is 2. The van der Waals surface area contributed by atoms with Gasteiger partial charge in [-0.05, 0) is 38.5 Å². The van der Waals surface area contributed by atoms with E-state index in [0.717, 1.165) is 24.5 Å². The smallest absolute Gasteiger partial charge is 0.120 e. The van der Waals surface area contributed by atoms with Crippen LogP contribution in [0.4, 0.5) is 0 Å². The number of ether oxygens (including phenoxy) is 1. The van der Waals surface area contributed by atoms with Crippen molar-refractivity contribution in [2.24, 2.45) is 0 Å². The Hall–Kier alpha value is -1.81. The summed E-state index contributed by atoms with van der Waals surface area (Å²) in [5, 5.41) is 10.4. The fraction of sp³-hybridized carbons (Fsp3) is 0.400. The maximum atomic E-state index is 5.68. The summed E-state index contributed by atoms with van der Waals surface area (Å²) in [4.78, 5) is 0. The molecule has 1 heterocycles. The van der Waals surface area contributed by atoms with Gasteiger partial charge in [0.25, 0.3) is 0 Å². The number of hydrogen-bond acceptors (Lipinski definition) is 3. The van der Waals surface area contributed by atoms with E-state index in [4.69, 9.17) is 4.74 Å². The zero-order chi connectivity index (χ0) is 13.7. The third-order valence-corrected chi connectivity index (χ3v) is 2.85. The van der Waals surface area contributed by atoms with Crippen LogP contribution in [0.2, 0.25) is 0 Å². The Labute approximate surface area is 114 Å². The molecular weight excluding hydrogens is 238 g/mol. The highest BCUT2D eigenvalue weighted by molar-refractivity contribution is 5.28. The molecule has 0 unspecified atom stereocenters. The zero-order valence-electron chi connectivity index (χ0n) is 11.7. The summed E-state index contributed by atoms with van der Waals surface area (Å²) in [5.41, 5.74) is 3.54. The Morgan fingerprint density at radius 2 is 2.16 bits per heavy atom. The van der Waals surface area contributed by atoms with Crippen LogP contribution in [0.1, 0.15) is 30.7 Å². The molecule has 0 amide bonds. The molecule has 0 saturated heterocycles. The molecule has 0 atom stereocenters. The molecule has 0 aliphatic rings. The lowest BCUT2D eigenvalue weighted by Gasteiger charge is -2.11. The highest BCUT2D eigenvalue weighted by atomic mass is 16.5. The van der Waals surface area contributed by atoms with Crippen molar-refractivity contribution in [3.8, 4) is 5.75 Å². The molecule has 0 saturated carbocycles. The Bertz CT molecular complexity index is 520. The fourth-order valence-electron chi connectivity index (χ4n) is 1.90. The summed E-state index contributed by atoms with van der Waals surface area (Å²) in [6, 6.07) is 8.19. The van der Waals surface area contributed by atoms with Gasteiger partial charge in [-0.25, -0.2) is 0 Å². The largest absolute Gasteiger partial charge is 0.491 e. The molecule has 2 N–H and O–H groups in total. The summed E-state index contributed by atoms with van der Waals surface area (Å²) in [5.74, 6) is 0.925. The van der Waals surface area contributed by atoms with Crippen molar-refractivity contribution >= 4 is 0 Å². The molecule has 4 heteroatoms. The lowest BCUT2D eigenvalue weighted by atomic mass is 10.2. The summed E-state index contributed by atoms with van der Waals surface area (Å²) >= 11 is 0. The van der Waals surface area contributed by atoms with E-state index in [1.807, 2.05) is 39.1 Å². The number of nitrogens with zero attached hydrogens (tertiary/aromatic N) is 1. The predicted molar refractivity (Wildman–Crippen MR) is 76.1 cm³/mol. The van der Waals surface area contributed by atoms with Crippen LogP contribution in [0.25, 0.3) is 0 Å². The summed E-state index contributed by atoms with van der Waals surface area (Å²) in [6.45, 7) is 7.73. The van der Waals surface area contributed by atoms with Crippen molar-refractivity contribution in [3.63, 3.8) is 0 Å². The standard InChI is InChI=1S/C15H21N3O/c1-11(2)19-15-6-4-5-13(7-15)8-16-9-14-10-17-18-12(14)3/h4-7,10-11,16H,8-9H2,1-3H3,(H,17,18). The summed E-state index contributed by atoms with van der Waals surface area (Å²) < 4.78 is 5.68. The first-order valence-electron chi connectivity index (χ1n) is 6.60. The van der Waals surface area contributed by atoms with Crippen molar-refractivity contribution in [2.75, 3.05) is 0 Å². The van der Waals surface area contributed by atoms with Gasteiger partial charge in [0.15, 0.2) is 0 Å². The van der Waals surface area contributed by atoms with Crippen molar-refractivity contribution in [1.82, 2.24) is 15.5 Å². The highest BCUT2D eigenvalue weighted by Crippen LogP contribution is 2.15. The molecule has 0 aliphatic carbocycles. The maximum absolute atomic E-state index is 5.68. The fourth-order valence-corrected chi connectivity index (χ4v) is 1.90. The lowest BCUT2D eigenvalue weighted by Crippen LogP contribution is -2.13. The first-order valence-corrected chi connectivity index (χ1v) is 6.60. The Morgan fingerprint density at radius 3 is 2.84 bits per heavy atom. The summed E-state index contributed by atoms with van der Waals surface area (Å²) in [6.07, 6.45) is 2.07. The molecular formula is C15H21N3O. The molecule has 0 radical (unpaired) electrons. The maximum Gasteiger partial charge on any atom is 0.120 e. The van der Waals surface area contributed by atoms with Gasteiger partial charge in [0.05, 0.1) is 12.3 Å². The molecule has 19 heavy (non-hydrogen) atoms. The first-order chi connectivity index (χ1) is 9.15. The van der Waals surface area contributed by atoms with Gasteiger partial charge in [0, 0.05) is 24.3 Å². The van der Waals surface area contributed by atoms with Gasteiger partial charge in [-0.2, -0.15) is 5.10 Å². The quantitative estimate of drug-likeness (QED) is 0.838. The van der Waals surface area contributed by atoms with Crippen LogP contribution >= 0.6 is 0 Å². The number of aryl methyl sites for hydroxylation is 1. The van der Waals surface area contributed by atoms with Gasteiger partial charge >= 0.3 is 0 Å². The Morgan fingerprint density at radius 1 is 1.32 bits per heavy atom. The monoisotopic (exact) mass is 259 g/mol. The van der Waals surface area contributed by atoms with E-state index in [2.05, 4.69) is 27.6 Å². The minimum atomic E-state index is 0.205. The Kier molecular flexibility index (Phi) is 4.58. The molecule has 0 fully saturated rings. The number of rotatable bonds is 6. The number of aromatic amines is 1. The molecule has 2 rings (SSSR count). The van der Waals surface area contributed by atoms with Gasteiger partial charge in [-0.3, -0.25) is 5.10 Å². The van der Waals surface area contributed by atoms with Crippen molar-refractivity contribution in [3.05, 3.63) is 47.3 Å². The molecule has 1 aromatic heterocycles. The Balaban J connectivity index is 1.87. The van der Waals surface area contributed by atoms with E-state index in [1.165, 1.54) is 11.1 Å². The van der Waals surface area contributed by atoms with E-state index in [1.54, 1.807) is 0 Å². The second-order valence-electron chi connectivity index (χ2n) is 4.94. The van der Waals surface area contributed by atoms with Crippen molar-refractivity contribution in [1.29, 1.82) is 0 Å². The zero-order valence-corrected chi connectivity index (χ0v) is 11.7. The normalized spacial score (nSPS) is 10.9. The molecule has 0 aliphatic heterocycles. The van der Waals surface area contributed by atoms with Crippen LogP contribution in [0, 0.1) is 6.92 Å². The van der Waals surface area contributed by atoms with E-state index in [0.29, 0.717) is 0 Å². The van der Waals surface area contributed by atoms with E-state index >= 15 is 0 Å². The van der Waals surface area contributed by atoms with Crippen LogP contribution in [0.5, 0.6) is 5.75 Å². The minimum absolute atomic E-state index is 0.205. The molecule has 0 bridgehead atoms. The van der Waals surface area contributed by atoms with Gasteiger partial charge in [-0.1, -0.05) is 12.1 Å². The van der Waals surface area contributed by atoms with Crippen molar-refractivity contribution in [2.45, 2.75) is 40.0 Å². The van der Waals surface area contributed by atoms with Gasteiger partial charge < -0.3 is 10.1 Å². The van der Waals surface area contributed by atoms with Gasteiger partial charge in [0.1, 0.15) is 5.75 Å². The van der Waals surface area contributed by atoms with Gasteiger partial charge in [-0.15, -0.1) is 0 Å². The third-order valence-electron chi connectivity index (χ3n) is 2.85. The highest BCUT2D eigenvalue weighted by Gasteiger charge is 2.01. The minimum Gasteiger partial charge on any atom is -0.491 e. The molecule has 4 nitrogen and oxygen atoms in total. The summed E-state index contributed by atoms with van der Waals surface area (Å²) in [7, 11) is 0. The average Bonchev–Trinajstić information content (AvgIpc) is 2.75. The second-order valence-corrected chi connectivity index (χ2v) is 4.94.